The molecule has 0 aliphatic rings. The van der Waals surface area contributed by atoms with Gasteiger partial charge in [0.15, 0.2) is 11.5 Å². The van der Waals surface area contributed by atoms with Gasteiger partial charge in [-0.1, -0.05) is 0 Å². The second kappa shape index (κ2) is 7.11. The summed E-state index contributed by atoms with van der Waals surface area (Å²) in [6.45, 7) is 1.73. The summed E-state index contributed by atoms with van der Waals surface area (Å²) in [5, 5.41) is 9.85. The maximum absolute atomic E-state index is 11.1. The minimum Gasteiger partial charge on any atom is -0.504 e. The van der Waals surface area contributed by atoms with Crippen molar-refractivity contribution in [3.05, 3.63) is 53.3 Å². The van der Waals surface area contributed by atoms with Gasteiger partial charge in [-0.3, -0.25) is 4.98 Å². The minimum absolute atomic E-state index is 0.0548. The topological polar surface area (TPSA) is 88.9 Å². The summed E-state index contributed by atoms with van der Waals surface area (Å²) in [5.74, 6) is 0.583. The molecule has 1 aromatic heterocycles. The number of ether oxygens (including phenoxy) is 1. The Kier molecular flexibility index (Phi) is 5.20. The molecule has 0 amide bonds. The molecule has 6 nitrogen and oxygen atoms in total. The van der Waals surface area contributed by atoms with E-state index < -0.39 is 8.25 Å². The molecule has 0 bridgehead atoms. The van der Waals surface area contributed by atoms with Crippen LogP contribution in [0.15, 0.2) is 36.7 Å². The predicted molar refractivity (Wildman–Crippen MR) is 83.8 cm³/mol. The lowest BCUT2D eigenvalue weighted by Crippen LogP contribution is -1.90. The van der Waals surface area contributed by atoms with Gasteiger partial charge in [0, 0.05) is 18.0 Å². The van der Waals surface area contributed by atoms with Crippen LogP contribution in [0, 0.1) is 6.92 Å². The van der Waals surface area contributed by atoms with Crippen molar-refractivity contribution in [1.82, 2.24) is 4.98 Å². The largest absolute Gasteiger partial charge is 0.504 e. The van der Waals surface area contributed by atoms with Crippen LogP contribution in [0.25, 0.3) is 11.8 Å². The van der Waals surface area contributed by atoms with Gasteiger partial charge in [-0.05, 0) is 48.4 Å². The van der Waals surface area contributed by atoms with E-state index in [0.717, 1.165) is 0 Å². The molecule has 1 heterocycles. The first-order valence-corrected chi connectivity index (χ1v) is 7.68. The number of hydrogen-bond acceptors (Lipinski definition) is 5. The van der Waals surface area contributed by atoms with E-state index >= 15 is 0 Å². The molecule has 1 atom stereocenters. The first-order valence-electron chi connectivity index (χ1n) is 6.41. The molecule has 0 saturated heterocycles. The van der Waals surface area contributed by atoms with E-state index in [1.165, 1.54) is 13.3 Å². The number of pyridine rings is 1. The third kappa shape index (κ3) is 3.87. The fraction of sp³-hybridized carbons (Fsp3) is 0.133. The van der Waals surface area contributed by atoms with Crippen LogP contribution in [-0.4, -0.2) is 22.1 Å². The first kappa shape index (κ1) is 16.1. The van der Waals surface area contributed by atoms with E-state index in [9.17, 15) is 9.67 Å². The zero-order valence-corrected chi connectivity index (χ0v) is 13.1. The monoisotopic (exact) mass is 321 g/mol. The van der Waals surface area contributed by atoms with Gasteiger partial charge in [-0.25, -0.2) is 4.57 Å². The third-order valence-corrected chi connectivity index (χ3v) is 3.34. The second-order valence-electron chi connectivity index (χ2n) is 4.51. The van der Waals surface area contributed by atoms with E-state index in [4.69, 9.17) is 14.2 Å². The van der Waals surface area contributed by atoms with Crippen LogP contribution in [0.1, 0.15) is 16.7 Å². The van der Waals surface area contributed by atoms with Crippen molar-refractivity contribution in [3.63, 3.8) is 0 Å². The highest BCUT2D eigenvalue weighted by Crippen LogP contribution is 2.34. The zero-order chi connectivity index (χ0) is 16.1. The predicted octanol–water partition coefficient (Wildman–Crippen LogP) is 3.00. The van der Waals surface area contributed by atoms with Crippen molar-refractivity contribution in [3.8, 4) is 11.5 Å². The van der Waals surface area contributed by atoms with E-state index in [0.29, 0.717) is 22.4 Å². The van der Waals surface area contributed by atoms with Crippen LogP contribution in [0.5, 0.6) is 11.5 Å². The number of nitrogens with zero attached hydrogens (tertiary/aromatic N) is 1. The lowest BCUT2D eigenvalue weighted by Gasteiger charge is -2.10. The Morgan fingerprint density at radius 3 is 2.77 bits per heavy atom. The number of benzene rings is 1. The Labute approximate surface area is 128 Å². The maximum Gasteiger partial charge on any atom is 0.365 e. The molecule has 0 saturated carbocycles. The Bertz CT molecular complexity index is 715. The van der Waals surface area contributed by atoms with Gasteiger partial charge in [0.25, 0.3) is 0 Å². The van der Waals surface area contributed by atoms with E-state index in [-0.39, 0.29) is 11.5 Å². The molecule has 0 fully saturated rings. The highest BCUT2D eigenvalue weighted by Gasteiger charge is 2.10. The van der Waals surface area contributed by atoms with E-state index in [1.54, 1.807) is 43.5 Å². The number of methoxy groups -OCH3 is 1. The number of phenolic OH excluding ortho intramolecular Hbond substituents is 1. The van der Waals surface area contributed by atoms with Crippen LogP contribution in [0.3, 0.4) is 0 Å². The van der Waals surface area contributed by atoms with E-state index in [1.807, 2.05) is 0 Å². The van der Waals surface area contributed by atoms with Crippen molar-refractivity contribution in [2.75, 3.05) is 7.11 Å². The number of phenols is 1. The maximum atomic E-state index is 11.1. The normalized spacial score (nSPS) is 12.8. The number of rotatable bonds is 5. The standard InChI is InChI=1S/C15H16NO5P/c1-10-6-11(8-14(20-2)15(10)17)7-13(21-22(18)19)12-4-3-5-16-9-12/h3-9,17,22H,1-2H3,(H,18,19). The fourth-order valence-corrected chi connectivity index (χ4v) is 2.30. The molecule has 0 spiro atoms. The van der Waals surface area contributed by atoms with Gasteiger partial charge >= 0.3 is 8.25 Å². The van der Waals surface area contributed by atoms with Crippen molar-refractivity contribution < 1.29 is 23.8 Å². The summed E-state index contributed by atoms with van der Waals surface area (Å²) in [6.07, 6.45) is 4.71. The molecule has 7 heteroatoms. The number of aromatic nitrogens is 1. The van der Waals surface area contributed by atoms with Crippen LogP contribution in [0.2, 0.25) is 0 Å². The quantitative estimate of drug-likeness (QED) is 0.650. The summed E-state index contributed by atoms with van der Waals surface area (Å²) in [4.78, 5) is 13.0. The van der Waals surface area contributed by atoms with Crippen molar-refractivity contribution in [2.45, 2.75) is 6.92 Å². The highest BCUT2D eigenvalue weighted by atomic mass is 31.1. The number of hydrogen-bond donors (Lipinski definition) is 2. The summed E-state index contributed by atoms with van der Waals surface area (Å²) in [5.41, 5.74) is 1.85. The van der Waals surface area contributed by atoms with Gasteiger partial charge in [0.05, 0.1) is 7.11 Å². The molecular formula is C15H16NO5P. The molecule has 0 radical (unpaired) electrons. The molecule has 2 aromatic rings. The second-order valence-corrected chi connectivity index (χ2v) is 5.24. The molecule has 22 heavy (non-hydrogen) atoms. The average molecular weight is 321 g/mol. The number of aryl methyl sites for hydroxylation is 1. The van der Waals surface area contributed by atoms with Gasteiger partial charge in [-0.15, -0.1) is 0 Å². The molecule has 2 N–H and O–H groups in total. The van der Waals surface area contributed by atoms with Gasteiger partial charge < -0.3 is 19.3 Å². The highest BCUT2D eigenvalue weighted by molar-refractivity contribution is 7.32. The molecule has 0 aliphatic heterocycles. The molecule has 1 aromatic carbocycles. The van der Waals surface area contributed by atoms with Crippen molar-refractivity contribution >= 4 is 20.1 Å². The van der Waals surface area contributed by atoms with Crippen LogP contribution in [0.4, 0.5) is 0 Å². The molecule has 1 unspecified atom stereocenters. The van der Waals surface area contributed by atoms with Crippen LogP contribution in [-0.2, 0) is 9.09 Å². The van der Waals surface area contributed by atoms with Crippen LogP contribution < -0.4 is 4.74 Å². The van der Waals surface area contributed by atoms with Crippen LogP contribution >= 0.6 is 8.25 Å². The molecule has 2 rings (SSSR count). The minimum atomic E-state index is -3.16. The van der Waals surface area contributed by atoms with Gasteiger partial charge in [-0.2, -0.15) is 0 Å². The first-order chi connectivity index (χ1) is 10.5. The Hall–Kier alpha value is -2.30. The summed E-state index contributed by atoms with van der Waals surface area (Å²) < 4.78 is 21.2. The lowest BCUT2D eigenvalue weighted by atomic mass is 10.1. The smallest absolute Gasteiger partial charge is 0.365 e. The van der Waals surface area contributed by atoms with E-state index in [2.05, 4.69) is 4.98 Å². The van der Waals surface area contributed by atoms with Crippen molar-refractivity contribution in [2.24, 2.45) is 0 Å². The zero-order valence-electron chi connectivity index (χ0n) is 12.1. The average Bonchev–Trinajstić information content (AvgIpc) is 2.50. The Morgan fingerprint density at radius 1 is 1.41 bits per heavy atom. The molecule has 116 valence electrons. The number of aromatic hydroxyl groups is 1. The van der Waals surface area contributed by atoms with Crippen molar-refractivity contribution in [1.29, 1.82) is 0 Å². The summed E-state index contributed by atoms with van der Waals surface area (Å²) in [7, 11) is -1.71. The Morgan fingerprint density at radius 2 is 2.18 bits per heavy atom. The SMILES string of the molecule is COc1cc(C=C(O[PH](=O)O)c2cccnc2)cc(C)c1O. The fourth-order valence-electron chi connectivity index (χ4n) is 1.94. The Balaban J connectivity index is 2.50. The third-order valence-electron chi connectivity index (χ3n) is 2.95. The molecular weight excluding hydrogens is 305 g/mol. The van der Waals surface area contributed by atoms with Gasteiger partial charge in [0.2, 0.25) is 0 Å². The molecule has 0 aliphatic carbocycles. The summed E-state index contributed by atoms with van der Waals surface area (Å²) >= 11 is 0. The van der Waals surface area contributed by atoms with Gasteiger partial charge in [0.1, 0.15) is 5.76 Å². The lowest BCUT2D eigenvalue weighted by molar-refractivity contribution is 0.371. The summed E-state index contributed by atoms with van der Waals surface area (Å²) in [6, 6.07) is 6.74.